The number of aromatic carboxylic acids is 1. The molecule has 0 bridgehead atoms. The highest BCUT2D eigenvalue weighted by Gasteiger charge is 2.23. The summed E-state index contributed by atoms with van der Waals surface area (Å²) in [6, 6.07) is 11.3. The molecular formula is C15H11NO3S2. The summed E-state index contributed by atoms with van der Waals surface area (Å²) in [6.07, 6.45) is 1.94. The first-order chi connectivity index (χ1) is 10.2. The molecule has 0 aliphatic rings. The third kappa shape index (κ3) is 2.59. The number of hydrogen-bond acceptors (Lipinski definition) is 5. The van der Waals surface area contributed by atoms with Gasteiger partial charge in [0, 0.05) is 10.5 Å². The average molecular weight is 317 g/mol. The second-order valence-corrected chi connectivity index (χ2v) is 5.98. The number of carboxylic acids is 1. The van der Waals surface area contributed by atoms with Crippen LogP contribution in [0.25, 0.3) is 22.1 Å². The molecule has 106 valence electrons. The van der Waals surface area contributed by atoms with Gasteiger partial charge < -0.3 is 9.52 Å². The van der Waals surface area contributed by atoms with Gasteiger partial charge in [0.05, 0.1) is 4.88 Å². The molecule has 3 aromatic rings. The highest BCUT2D eigenvalue weighted by atomic mass is 32.2. The second-order valence-electron chi connectivity index (χ2n) is 4.18. The van der Waals surface area contributed by atoms with Gasteiger partial charge in [-0.15, -0.1) is 23.1 Å². The van der Waals surface area contributed by atoms with Crippen LogP contribution in [0.4, 0.5) is 0 Å². The standard InChI is InChI=1S/C15H11NO3S2/c1-20-10-6-3-2-5-9(10)13-12(15(17)18)16-14(19-13)11-7-4-8-21-11/h2-8H,1H3,(H,17,18). The van der Waals surface area contributed by atoms with Crippen LogP contribution in [-0.2, 0) is 0 Å². The molecule has 0 unspecified atom stereocenters. The highest BCUT2D eigenvalue weighted by Crippen LogP contribution is 2.36. The first kappa shape index (κ1) is 13.9. The fourth-order valence-corrected chi connectivity index (χ4v) is 3.23. The third-order valence-electron chi connectivity index (χ3n) is 2.91. The molecule has 0 saturated carbocycles. The van der Waals surface area contributed by atoms with Crippen molar-refractivity contribution in [3.63, 3.8) is 0 Å². The Morgan fingerprint density at radius 3 is 2.76 bits per heavy atom. The van der Waals surface area contributed by atoms with Crippen molar-refractivity contribution in [2.24, 2.45) is 0 Å². The molecule has 0 fully saturated rings. The summed E-state index contributed by atoms with van der Waals surface area (Å²) in [4.78, 5) is 17.4. The second kappa shape index (κ2) is 5.75. The first-order valence-electron chi connectivity index (χ1n) is 6.12. The van der Waals surface area contributed by atoms with Crippen LogP contribution in [0, 0.1) is 0 Å². The van der Waals surface area contributed by atoms with Crippen LogP contribution in [-0.4, -0.2) is 22.3 Å². The van der Waals surface area contributed by atoms with Crippen molar-refractivity contribution in [2.45, 2.75) is 4.90 Å². The molecule has 21 heavy (non-hydrogen) atoms. The van der Waals surface area contributed by atoms with Crippen LogP contribution < -0.4 is 0 Å². The monoisotopic (exact) mass is 317 g/mol. The molecule has 4 nitrogen and oxygen atoms in total. The van der Waals surface area contributed by atoms with Crippen molar-refractivity contribution >= 4 is 29.1 Å². The number of oxazole rings is 1. The van der Waals surface area contributed by atoms with Crippen LogP contribution in [0.5, 0.6) is 0 Å². The molecule has 6 heteroatoms. The number of thioether (sulfide) groups is 1. The predicted molar refractivity (Wildman–Crippen MR) is 84.0 cm³/mol. The number of carboxylic acid groups (broad SMARTS) is 1. The van der Waals surface area contributed by atoms with E-state index in [9.17, 15) is 9.90 Å². The van der Waals surface area contributed by atoms with Crippen LogP contribution in [0.15, 0.2) is 51.1 Å². The lowest BCUT2D eigenvalue weighted by atomic mass is 10.1. The van der Waals surface area contributed by atoms with E-state index in [-0.39, 0.29) is 5.69 Å². The van der Waals surface area contributed by atoms with Crippen molar-refractivity contribution in [1.29, 1.82) is 0 Å². The molecule has 2 aromatic heterocycles. The fraction of sp³-hybridized carbons (Fsp3) is 0.0667. The number of thiophene rings is 1. The molecule has 0 spiro atoms. The molecule has 1 aromatic carbocycles. The summed E-state index contributed by atoms with van der Waals surface area (Å²) in [7, 11) is 0. The largest absolute Gasteiger partial charge is 0.476 e. The van der Waals surface area contributed by atoms with Gasteiger partial charge in [-0.2, -0.15) is 0 Å². The van der Waals surface area contributed by atoms with Gasteiger partial charge >= 0.3 is 5.97 Å². The van der Waals surface area contributed by atoms with Crippen LogP contribution in [0.3, 0.4) is 0 Å². The van der Waals surface area contributed by atoms with E-state index in [2.05, 4.69) is 4.98 Å². The molecule has 0 atom stereocenters. The summed E-state index contributed by atoms with van der Waals surface area (Å²) in [5, 5.41) is 11.3. The molecule has 1 N–H and O–H groups in total. The minimum atomic E-state index is -1.09. The third-order valence-corrected chi connectivity index (χ3v) is 4.57. The van der Waals surface area contributed by atoms with E-state index in [4.69, 9.17) is 4.42 Å². The maximum absolute atomic E-state index is 11.5. The van der Waals surface area contributed by atoms with Crippen molar-refractivity contribution in [2.75, 3.05) is 6.26 Å². The van der Waals surface area contributed by atoms with E-state index < -0.39 is 5.97 Å². The summed E-state index contributed by atoms with van der Waals surface area (Å²) in [5.41, 5.74) is 0.692. The van der Waals surface area contributed by atoms with Crippen molar-refractivity contribution < 1.29 is 14.3 Å². The minimum absolute atomic E-state index is 0.0556. The van der Waals surface area contributed by atoms with Gasteiger partial charge in [-0.05, 0) is 23.8 Å². The van der Waals surface area contributed by atoms with E-state index >= 15 is 0 Å². The summed E-state index contributed by atoms with van der Waals surface area (Å²) in [5.74, 6) is -0.448. The number of carbonyl (C=O) groups is 1. The van der Waals surface area contributed by atoms with Crippen molar-refractivity contribution in [3.8, 4) is 22.1 Å². The van der Waals surface area contributed by atoms with E-state index in [1.54, 1.807) is 0 Å². The Labute approximate surface area is 129 Å². The van der Waals surface area contributed by atoms with E-state index in [1.807, 2.05) is 48.0 Å². The normalized spacial score (nSPS) is 10.7. The number of nitrogens with zero attached hydrogens (tertiary/aromatic N) is 1. The Hall–Kier alpha value is -2.05. The first-order valence-corrected chi connectivity index (χ1v) is 8.22. The van der Waals surface area contributed by atoms with E-state index in [0.717, 1.165) is 15.3 Å². The Balaban J connectivity index is 2.19. The smallest absolute Gasteiger partial charge is 0.358 e. The topological polar surface area (TPSA) is 63.3 Å². The Bertz CT molecular complexity index is 778. The fourth-order valence-electron chi connectivity index (χ4n) is 1.99. The maximum atomic E-state index is 11.5. The quantitative estimate of drug-likeness (QED) is 0.718. The van der Waals surface area contributed by atoms with Crippen LogP contribution in [0.1, 0.15) is 10.5 Å². The molecule has 0 saturated heterocycles. The number of hydrogen-bond donors (Lipinski definition) is 1. The Morgan fingerprint density at radius 2 is 2.10 bits per heavy atom. The van der Waals surface area contributed by atoms with Gasteiger partial charge in [0.1, 0.15) is 0 Å². The molecule has 0 amide bonds. The molecule has 0 radical (unpaired) electrons. The number of aromatic nitrogens is 1. The lowest BCUT2D eigenvalue weighted by molar-refractivity contribution is 0.0691. The lowest BCUT2D eigenvalue weighted by Gasteiger charge is -2.04. The van der Waals surface area contributed by atoms with Gasteiger partial charge in [0.2, 0.25) is 5.89 Å². The zero-order valence-corrected chi connectivity index (χ0v) is 12.7. The van der Waals surface area contributed by atoms with Gasteiger partial charge in [-0.1, -0.05) is 24.3 Å². The lowest BCUT2D eigenvalue weighted by Crippen LogP contribution is -1.99. The molecule has 3 rings (SSSR count). The summed E-state index contributed by atoms with van der Waals surface area (Å²) in [6.45, 7) is 0. The van der Waals surface area contributed by atoms with Crippen molar-refractivity contribution in [1.82, 2.24) is 4.98 Å². The Kier molecular flexibility index (Phi) is 3.81. The molecule has 2 heterocycles. The molecular weight excluding hydrogens is 306 g/mol. The summed E-state index contributed by atoms with van der Waals surface area (Å²) < 4.78 is 5.75. The van der Waals surface area contributed by atoms with Gasteiger partial charge in [0.15, 0.2) is 11.5 Å². The van der Waals surface area contributed by atoms with Gasteiger partial charge in [-0.25, -0.2) is 9.78 Å². The van der Waals surface area contributed by atoms with Gasteiger partial charge in [0.25, 0.3) is 0 Å². The number of benzene rings is 1. The van der Waals surface area contributed by atoms with Crippen molar-refractivity contribution in [3.05, 3.63) is 47.5 Å². The van der Waals surface area contributed by atoms with Crippen LogP contribution in [0.2, 0.25) is 0 Å². The summed E-state index contributed by atoms with van der Waals surface area (Å²) >= 11 is 3.00. The van der Waals surface area contributed by atoms with Crippen LogP contribution >= 0.6 is 23.1 Å². The Morgan fingerprint density at radius 1 is 1.29 bits per heavy atom. The minimum Gasteiger partial charge on any atom is -0.476 e. The molecule has 0 aliphatic heterocycles. The zero-order valence-electron chi connectivity index (χ0n) is 11.1. The average Bonchev–Trinajstić information content (AvgIpc) is 3.16. The maximum Gasteiger partial charge on any atom is 0.358 e. The SMILES string of the molecule is CSc1ccccc1-c1oc(-c2cccs2)nc1C(=O)O. The molecule has 0 aliphatic carbocycles. The van der Waals surface area contributed by atoms with E-state index in [1.165, 1.54) is 23.1 Å². The zero-order chi connectivity index (χ0) is 14.8. The number of rotatable bonds is 4. The van der Waals surface area contributed by atoms with Gasteiger partial charge in [-0.3, -0.25) is 0 Å². The predicted octanol–water partition coefficient (Wildman–Crippen LogP) is 4.49. The highest BCUT2D eigenvalue weighted by molar-refractivity contribution is 7.98. The van der Waals surface area contributed by atoms with E-state index in [0.29, 0.717) is 11.7 Å².